The lowest BCUT2D eigenvalue weighted by molar-refractivity contribution is 0.102. The number of rotatable bonds is 3. The number of methoxy groups -OCH3 is 1. The van der Waals surface area contributed by atoms with Gasteiger partial charge >= 0.3 is 0 Å². The minimum atomic E-state index is -0.242. The fourth-order valence-electron chi connectivity index (χ4n) is 1.83. The topological polar surface area (TPSA) is 64.3 Å². The van der Waals surface area contributed by atoms with Gasteiger partial charge in [0.25, 0.3) is 5.91 Å². The van der Waals surface area contributed by atoms with E-state index in [1.165, 1.54) is 7.11 Å². The number of nitrogens with two attached hydrogens (primary N) is 1. The van der Waals surface area contributed by atoms with Crippen LogP contribution in [-0.2, 0) is 0 Å². The quantitative estimate of drug-likeness (QED) is 0.843. The second kappa shape index (κ2) is 5.96. The van der Waals surface area contributed by atoms with E-state index in [-0.39, 0.29) is 5.91 Å². The number of halogens is 1. The minimum absolute atomic E-state index is 0.242. The predicted octanol–water partition coefficient (Wildman–Crippen LogP) is 3.60. The molecule has 0 saturated heterocycles. The Morgan fingerprint density at radius 1 is 1.30 bits per heavy atom. The van der Waals surface area contributed by atoms with E-state index >= 15 is 0 Å². The fourth-order valence-corrected chi connectivity index (χ4v) is 2.19. The van der Waals surface area contributed by atoms with Gasteiger partial charge in [0.1, 0.15) is 5.75 Å². The van der Waals surface area contributed by atoms with E-state index < -0.39 is 0 Å². The third kappa shape index (κ3) is 2.93. The van der Waals surface area contributed by atoms with Gasteiger partial charge in [-0.25, -0.2) is 0 Å². The second-order valence-electron chi connectivity index (χ2n) is 4.35. The van der Waals surface area contributed by atoms with Crippen molar-refractivity contribution >= 4 is 33.2 Å². The van der Waals surface area contributed by atoms with Gasteiger partial charge in [0.2, 0.25) is 0 Å². The molecule has 0 saturated carbocycles. The summed E-state index contributed by atoms with van der Waals surface area (Å²) in [5.41, 5.74) is 8.44. The van der Waals surface area contributed by atoms with E-state index in [2.05, 4.69) is 21.2 Å². The average Bonchev–Trinajstić information content (AvgIpc) is 2.43. The molecule has 0 heterocycles. The summed E-state index contributed by atoms with van der Waals surface area (Å²) >= 11 is 3.46. The number of carbonyl (C=O) groups is 1. The molecule has 0 fully saturated rings. The monoisotopic (exact) mass is 334 g/mol. The Morgan fingerprint density at radius 3 is 2.75 bits per heavy atom. The first-order valence-electron chi connectivity index (χ1n) is 6.03. The Morgan fingerprint density at radius 2 is 2.05 bits per heavy atom. The van der Waals surface area contributed by atoms with Gasteiger partial charge in [0.15, 0.2) is 0 Å². The summed E-state index contributed by atoms with van der Waals surface area (Å²) in [6.45, 7) is 1.96. The lowest BCUT2D eigenvalue weighted by Crippen LogP contribution is -2.14. The molecule has 0 spiro atoms. The van der Waals surface area contributed by atoms with Crippen LogP contribution in [0.1, 0.15) is 15.9 Å². The summed E-state index contributed by atoms with van der Waals surface area (Å²) in [5, 5.41) is 2.85. The van der Waals surface area contributed by atoms with Crippen LogP contribution in [0.3, 0.4) is 0 Å². The van der Waals surface area contributed by atoms with Gasteiger partial charge in [-0.1, -0.05) is 12.1 Å². The van der Waals surface area contributed by atoms with Crippen molar-refractivity contribution in [2.45, 2.75) is 6.92 Å². The zero-order valence-electron chi connectivity index (χ0n) is 11.2. The molecule has 0 aliphatic carbocycles. The summed E-state index contributed by atoms with van der Waals surface area (Å²) in [6, 6.07) is 10.6. The summed E-state index contributed by atoms with van der Waals surface area (Å²) in [4.78, 5) is 12.3. The highest BCUT2D eigenvalue weighted by Crippen LogP contribution is 2.28. The number of aryl methyl sites for hydroxylation is 1. The van der Waals surface area contributed by atoms with E-state index in [4.69, 9.17) is 10.5 Å². The van der Waals surface area contributed by atoms with Crippen molar-refractivity contribution < 1.29 is 9.53 Å². The highest BCUT2D eigenvalue weighted by molar-refractivity contribution is 9.10. The van der Waals surface area contributed by atoms with Gasteiger partial charge in [-0.05, 0) is 46.6 Å². The molecule has 0 aliphatic heterocycles. The lowest BCUT2D eigenvalue weighted by Gasteiger charge is -2.12. The zero-order chi connectivity index (χ0) is 14.7. The average molecular weight is 335 g/mol. The smallest absolute Gasteiger partial charge is 0.259 e. The molecule has 0 aromatic heterocycles. The van der Waals surface area contributed by atoms with E-state index in [9.17, 15) is 4.79 Å². The van der Waals surface area contributed by atoms with Gasteiger partial charge < -0.3 is 15.8 Å². The Kier molecular flexibility index (Phi) is 4.29. The standard InChI is InChI=1S/C15H15BrN2O2/c1-9-4-3-5-12(14(9)16)18-15(19)11-7-6-10(17)8-13(11)20-2/h3-8H,17H2,1-2H3,(H,18,19). The predicted molar refractivity (Wildman–Crippen MR) is 84.2 cm³/mol. The Bertz CT molecular complexity index is 656. The third-order valence-electron chi connectivity index (χ3n) is 2.91. The Labute approximate surface area is 126 Å². The van der Waals surface area contributed by atoms with Crippen molar-refractivity contribution in [1.29, 1.82) is 0 Å². The molecule has 3 N–H and O–H groups in total. The molecule has 0 bridgehead atoms. The summed E-state index contributed by atoms with van der Waals surface area (Å²) in [7, 11) is 1.51. The molecular formula is C15H15BrN2O2. The first-order valence-corrected chi connectivity index (χ1v) is 6.82. The van der Waals surface area contributed by atoms with Gasteiger partial charge in [0.05, 0.1) is 18.4 Å². The molecule has 2 rings (SSSR count). The number of anilines is 2. The lowest BCUT2D eigenvalue weighted by atomic mass is 10.1. The number of carbonyl (C=O) groups excluding carboxylic acids is 1. The SMILES string of the molecule is COc1cc(N)ccc1C(=O)Nc1cccc(C)c1Br. The number of hydrogen-bond donors (Lipinski definition) is 2. The van der Waals surface area contributed by atoms with Crippen LogP contribution in [-0.4, -0.2) is 13.0 Å². The molecule has 104 valence electrons. The van der Waals surface area contributed by atoms with Crippen LogP contribution in [0, 0.1) is 6.92 Å². The van der Waals surface area contributed by atoms with Crippen molar-refractivity contribution in [3.8, 4) is 5.75 Å². The van der Waals surface area contributed by atoms with Crippen LogP contribution in [0.4, 0.5) is 11.4 Å². The maximum absolute atomic E-state index is 12.3. The number of amides is 1. The molecule has 0 radical (unpaired) electrons. The number of nitrogen functional groups attached to an aromatic ring is 1. The summed E-state index contributed by atoms with van der Waals surface area (Å²) in [5.74, 6) is 0.208. The highest BCUT2D eigenvalue weighted by atomic mass is 79.9. The van der Waals surface area contributed by atoms with E-state index in [0.29, 0.717) is 22.7 Å². The molecule has 4 nitrogen and oxygen atoms in total. The van der Waals surface area contributed by atoms with Crippen LogP contribution in [0.25, 0.3) is 0 Å². The Balaban J connectivity index is 2.31. The molecule has 1 amide bonds. The van der Waals surface area contributed by atoms with Crippen LogP contribution in [0.15, 0.2) is 40.9 Å². The normalized spacial score (nSPS) is 10.2. The molecule has 0 unspecified atom stereocenters. The molecule has 0 atom stereocenters. The molecule has 20 heavy (non-hydrogen) atoms. The van der Waals surface area contributed by atoms with E-state index in [1.54, 1.807) is 18.2 Å². The van der Waals surface area contributed by atoms with Crippen LogP contribution in [0.2, 0.25) is 0 Å². The van der Waals surface area contributed by atoms with Crippen molar-refractivity contribution in [2.75, 3.05) is 18.2 Å². The van der Waals surface area contributed by atoms with E-state index in [1.807, 2.05) is 25.1 Å². The van der Waals surface area contributed by atoms with Gasteiger partial charge in [-0.3, -0.25) is 4.79 Å². The van der Waals surface area contributed by atoms with Crippen LogP contribution < -0.4 is 15.8 Å². The second-order valence-corrected chi connectivity index (χ2v) is 5.14. The largest absolute Gasteiger partial charge is 0.496 e. The minimum Gasteiger partial charge on any atom is -0.496 e. The molecule has 2 aromatic carbocycles. The van der Waals surface area contributed by atoms with Crippen molar-refractivity contribution in [2.24, 2.45) is 0 Å². The Hall–Kier alpha value is -2.01. The number of hydrogen-bond acceptors (Lipinski definition) is 3. The molecular weight excluding hydrogens is 320 g/mol. The van der Waals surface area contributed by atoms with Gasteiger partial charge in [0, 0.05) is 16.2 Å². The fraction of sp³-hybridized carbons (Fsp3) is 0.133. The van der Waals surface area contributed by atoms with Gasteiger partial charge in [-0.15, -0.1) is 0 Å². The molecule has 5 heteroatoms. The summed E-state index contributed by atoms with van der Waals surface area (Å²) in [6.07, 6.45) is 0. The number of nitrogens with one attached hydrogen (secondary N) is 1. The third-order valence-corrected chi connectivity index (χ3v) is 3.96. The molecule has 2 aromatic rings. The van der Waals surface area contributed by atoms with Gasteiger partial charge in [-0.2, -0.15) is 0 Å². The van der Waals surface area contributed by atoms with Crippen molar-refractivity contribution in [3.63, 3.8) is 0 Å². The first-order chi connectivity index (χ1) is 9.52. The van der Waals surface area contributed by atoms with E-state index in [0.717, 1.165) is 10.0 Å². The maximum atomic E-state index is 12.3. The maximum Gasteiger partial charge on any atom is 0.259 e. The van der Waals surface area contributed by atoms with Crippen LogP contribution >= 0.6 is 15.9 Å². The zero-order valence-corrected chi connectivity index (χ0v) is 12.8. The summed E-state index contributed by atoms with van der Waals surface area (Å²) < 4.78 is 6.05. The van der Waals surface area contributed by atoms with Crippen molar-refractivity contribution in [3.05, 3.63) is 52.0 Å². The number of ether oxygens (including phenoxy) is 1. The van der Waals surface area contributed by atoms with Crippen molar-refractivity contribution in [1.82, 2.24) is 0 Å². The highest BCUT2D eigenvalue weighted by Gasteiger charge is 2.14. The van der Waals surface area contributed by atoms with Crippen LogP contribution in [0.5, 0.6) is 5.75 Å². The molecule has 0 aliphatic rings. The number of benzene rings is 2. The first kappa shape index (κ1) is 14.4.